The van der Waals surface area contributed by atoms with E-state index in [1.54, 1.807) is 7.11 Å². The van der Waals surface area contributed by atoms with Gasteiger partial charge in [0.25, 0.3) is 0 Å². The molecule has 1 unspecified atom stereocenters. The van der Waals surface area contributed by atoms with Gasteiger partial charge >= 0.3 is 5.97 Å². The minimum Gasteiger partial charge on any atom is -0.491 e. The van der Waals surface area contributed by atoms with Gasteiger partial charge < -0.3 is 28.4 Å². The van der Waals surface area contributed by atoms with Crippen molar-refractivity contribution in [1.29, 1.82) is 0 Å². The Balaban J connectivity index is 1.71. The van der Waals surface area contributed by atoms with Gasteiger partial charge in [-0.2, -0.15) is 0 Å². The molecule has 0 spiro atoms. The molecule has 7 nitrogen and oxygen atoms in total. The number of hydrogen-bond acceptors (Lipinski definition) is 7. The lowest BCUT2D eigenvalue weighted by atomic mass is 10.1. The zero-order valence-electron chi connectivity index (χ0n) is 16.9. The number of methoxy groups -OCH3 is 1. The second-order valence-corrected chi connectivity index (χ2v) is 5.97. The predicted molar refractivity (Wildman–Crippen MR) is 109 cm³/mol. The number of esters is 1. The van der Waals surface area contributed by atoms with Crippen molar-refractivity contribution < 1.29 is 33.2 Å². The molecule has 2 rings (SSSR count). The van der Waals surface area contributed by atoms with E-state index in [0.717, 1.165) is 28.3 Å². The van der Waals surface area contributed by atoms with Gasteiger partial charge in [0, 0.05) is 24.0 Å². The summed E-state index contributed by atoms with van der Waals surface area (Å²) in [5, 5.41) is 1.92. The number of hydrogen-bond donors (Lipinski definition) is 0. The third kappa shape index (κ3) is 7.73. The number of fused-ring (bicyclic) bond motifs is 1. The molecule has 0 radical (unpaired) electrons. The topological polar surface area (TPSA) is 72.5 Å². The van der Waals surface area contributed by atoms with Crippen molar-refractivity contribution in [2.75, 3.05) is 46.8 Å². The lowest BCUT2D eigenvalue weighted by molar-refractivity contribution is -0.139. The standard InChI is InChI=1S/C22H28O7/c1-4-22(23)28-16-14-26-12-11-25-13-15-27-20-9-5-8-19-18(20)7-6-10-21(19)29-17(2)24-3/h4-10,17H,1,11-16H2,2-3H3. The van der Waals surface area contributed by atoms with E-state index < -0.39 is 5.97 Å². The van der Waals surface area contributed by atoms with Gasteiger partial charge in [-0.25, -0.2) is 4.79 Å². The number of benzene rings is 2. The van der Waals surface area contributed by atoms with E-state index in [1.807, 2.05) is 43.3 Å². The van der Waals surface area contributed by atoms with Gasteiger partial charge in [0.15, 0.2) is 6.29 Å². The minimum atomic E-state index is -0.456. The summed E-state index contributed by atoms with van der Waals surface area (Å²) in [6.07, 6.45) is 0.780. The first-order chi connectivity index (χ1) is 14.2. The van der Waals surface area contributed by atoms with Gasteiger partial charge in [0.2, 0.25) is 0 Å². The molecule has 0 amide bonds. The average Bonchev–Trinajstić information content (AvgIpc) is 2.75. The summed E-state index contributed by atoms with van der Waals surface area (Å²) >= 11 is 0. The van der Waals surface area contributed by atoms with Gasteiger partial charge in [-0.05, 0) is 19.1 Å². The van der Waals surface area contributed by atoms with Gasteiger partial charge in [0.1, 0.15) is 24.7 Å². The Kier molecular flexibility index (Phi) is 9.99. The Morgan fingerprint density at radius 3 is 2.17 bits per heavy atom. The molecule has 2 aromatic carbocycles. The molecule has 1 atom stereocenters. The number of carbonyl (C=O) groups is 1. The molecule has 0 saturated carbocycles. The third-order valence-corrected chi connectivity index (χ3v) is 3.96. The van der Waals surface area contributed by atoms with Crippen molar-refractivity contribution in [1.82, 2.24) is 0 Å². The summed E-state index contributed by atoms with van der Waals surface area (Å²) in [5.41, 5.74) is 0. The fourth-order valence-electron chi connectivity index (χ4n) is 2.50. The fraction of sp³-hybridized carbons (Fsp3) is 0.409. The third-order valence-electron chi connectivity index (χ3n) is 3.96. The van der Waals surface area contributed by atoms with Gasteiger partial charge in [-0.1, -0.05) is 30.8 Å². The quantitative estimate of drug-likeness (QED) is 0.207. The van der Waals surface area contributed by atoms with Crippen molar-refractivity contribution in [3.8, 4) is 11.5 Å². The molecule has 0 N–H and O–H groups in total. The molecule has 7 heteroatoms. The molecule has 0 aromatic heterocycles. The van der Waals surface area contributed by atoms with Crippen LogP contribution in [0.2, 0.25) is 0 Å². The minimum absolute atomic E-state index is 0.198. The van der Waals surface area contributed by atoms with E-state index in [9.17, 15) is 4.79 Å². The monoisotopic (exact) mass is 404 g/mol. The van der Waals surface area contributed by atoms with E-state index >= 15 is 0 Å². The summed E-state index contributed by atoms with van der Waals surface area (Å²) in [6.45, 7) is 7.37. The van der Waals surface area contributed by atoms with Crippen LogP contribution < -0.4 is 9.47 Å². The highest BCUT2D eigenvalue weighted by Gasteiger charge is 2.09. The number of carbonyl (C=O) groups excluding carboxylic acids is 1. The summed E-state index contributed by atoms with van der Waals surface area (Å²) in [7, 11) is 1.60. The summed E-state index contributed by atoms with van der Waals surface area (Å²) in [6, 6.07) is 11.6. The second-order valence-electron chi connectivity index (χ2n) is 5.97. The van der Waals surface area contributed by atoms with Crippen LogP contribution in [0.5, 0.6) is 11.5 Å². The lowest BCUT2D eigenvalue weighted by Crippen LogP contribution is -2.14. The normalized spacial score (nSPS) is 11.8. The summed E-state index contributed by atoms with van der Waals surface area (Å²) in [4.78, 5) is 10.9. The molecule has 0 fully saturated rings. The maximum atomic E-state index is 10.9. The van der Waals surface area contributed by atoms with Crippen LogP contribution >= 0.6 is 0 Å². The summed E-state index contributed by atoms with van der Waals surface area (Å²) in [5.74, 6) is 1.05. The van der Waals surface area contributed by atoms with Crippen molar-refractivity contribution in [2.45, 2.75) is 13.2 Å². The van der Waals surface area contributed by atoms with Crippen molar-refractivity contribution in [3.63, 3.8) is 0 Å². The molecule has 0 aliphatic rings. The Morgan fingerprint density at radius 1 is 0.931 bits per heavy atom. The lowest BCUT2D eigenvalue weighted by Gasteiger charge is -2.16. The maximum absolute atomic E-state index is 10.9. The van der Waals surface area contributed by atoms with Crippen LogP contribution in [0.25, 0.3) is 10.8 Å². The molecule has 0 aliphatic carbocycles. The molecule has 0 aliphatic heterocycles. The van der Waals surface area contributed by atoms with Crippen LogP contribution in [-0.2, 0) is 23.7 Å². The fourth-order valence-corrected chi connectivity index (χ4v) is 2.50. The number of rotatable bonds is 14. The van der Waals surface area contributed by atoms with E-state index in [-0.39, 0.29) is 12.9 Å². The average molecular weight is 404 g/mol. The Bertz CT molecular complexity index is 775. The van der Waals surface area contributed by atoms with Crippen LogP contribution in [0.1, 0.15) is 6.92 Å². The van der Waals surface area contributed by atoms with Gasteiger partial charge in [0.05, 0.1) is 26.4 Å². The van der Waals surface area contributed by atoms with Crippen molar-refractivity contribution in [2.24, 2.45) is 0 Å². The molecule has 158 valence electrons. The van der Waals surface area contributed by atoms with E-state index in [4.69, 9.17) is 28.4 Å². The Labute approximate surface area is 171 Å². The molecule has 0 heterocycles. The molecule has 29 heavy (non-hydrogen) atoms. The number of ether oxygens (including phenoxy) is 6. The highest BCUT2D eigenvalue weighted by atomic mass is 16.7. The van der Waals surface area contributed by atoms with Crippen LogP contribution in [-0.4, -0.2) is 59.0 Å². The first-order valence-corrected chi connectivity index (χ1v) is 9.44. The van der Waals surface area contributed by atoms with E-state index in [2.05, 4.69) is 6.58 Å². The SMILES string of the molecule is C=CC(=O)OCCOCCOCCOc1cccc2c(OC(C)OC)cccc12. The molecule has 2 aromatic rings. The van der Waals surface area contributed by atoms with Gasteiger partial charge in [-0.3, -0.25) is 0 Å². The van der Waals surface area contributed by atoms with Gasteiger partial charge in [-0.15, -0.1) is 0 Å². The van der Waals surface area contributed by atoms with Crippen LogP contribution in [0.15, 0.2) is 49.1 Å². The molecule has 0 bridgehead atoms. The first-order valence-electron chi connectivity index (χ1n) is 9.44. The smallest absolute Gasteiger partial charge is 0.330 e. The van der Waals surface area contributed by atoms with Crippen molar-refractivity contribution in [3.05, 3.63) is 49.1 Å². The first kappa shape index (κ1) is 22.7. The van der Waals surface area contributed by atoms with Crippen LogP contribution in [0.4, 0.5) is 0 Å². The maximum Gasteiger partial charge on any atom is 0.330 e. The van der Waals surface area contributed by atoms with Crippen LogP contribution in [0, 0.1) is 0 Å². The second kappa shape index (κ2) is 12.8. The zero-order chi connectivity index (χ0) is 20.9. The Hall–Kier alpha value is -2.61. The van der Waals surface area contributed by atoms with Crippen LogP contribution in [0.3, 0.4) is 0 Å². The molecular formula is C22H28O7. The Morgan fingerprint density at radius 2 is 1.52 bits per heavy atom. The van der Waals surface area contributed by atoms with E-state index in [1.165, 1.54) is 0 Å². The highest BCUT2D eigenvalue weighted by Crippen LogP contribution is 2.32. The molecular weight excluding hydrogens is 376 g/mol. The largest absolute Gasteiger partial charge is 0.491 e. The predicted octanol–water partition coefficient (Wildman–Crippen LogP) is 3.35. The van der Waals surface area contributed by atoms with Crippen molar-refractivity contribution >= 4 is 16.7 Å². The van der Waals surface area contributed by atoms with E-state index in [0.29, 0.717) is 33.0 Å². The summed E-state index contributed by atoms with van der Waals surface area (Å²) < 4.78 is 32.4. The molecule has 0 saturated heterocycles. The highest BCUT2D eigenvalue weighted by molar-refractivity contribution is 5.93. The zero-order valence-corrected chi connectivity index (χ0v) is 16.9.